The summed E-state index contributed by atoms with van der Waals surface area (Å²) >= 11 is 0. The van der Waals surface area contributed by atoms with Crippen LogP contribution in [0.4, 0.5) is 8.78 Å². The van der Waals surface area contributed by atoms with E-state index < -0.39 is 19.3 Å². The molecule has 1 aliphatic rings. The van der Waals surface area contributed by atoms with Gasteiger partial charge in [-0.2, -0.15) is 0 Å². The van der Waals surface area contributed by atoms with E-state index in [0.717, 1.165) is 12.0 Å². The summed E-state index contributed by atoms with van der Waals surface area (Å²) in [5.41, 5.74) is 0.789. The Morgan fingerprint density at radius 1 is 1.36 bits per heavy atom. The van der Waals surface area contributed by atoms with Gasteiger partial charge in [0.1, 0.15) is 0 Å². The van der Waals surface area contributed by atoms with E-state index in [1.807, 2.05) is 18.6 Å². The first-order valence-electron chi connectivity index (χ1n) is 3.70. The fraction of sp³-hybridized carbons (Fsp3) is 0.444. The van der Waals surface area contributed by atoms with E-state index in [2.05, 4.69) is 0 Å². The maximum atomic E-state index is 12.1. The highest BCUT2D eigenvalue weighted by molar-refractivity contribution is 5.28. The Morgan fingerprint density at radius 2 is 2.09 bits per heavy atom. The van der Waals surface area contributed by atoms with Gasteiger partial charge in [0.15, 0.2) is 0 Å². The summed E-state index contributed by atoms with van der Waals surface area (Å²) in [6.07, 6.45) is 8.23. The van der Waals surface area contributed by atoms with Gasteiger partial charge in [-0.3, -0.25) is 8.78 Å². The van der Waals surface area contributed by atoms with E-state index in [9.17, 15) is 8.78 Å². The third-order valence-corrected chi connectivity index (χ3v) is 1.76. The summed E-state index contributed by atoms with van der Waals surface area (Å²) in [4.78, 5) is 0. The molecule has 0 saturated carbocycles. The molecule has 0 nitrogen and oxygen atoms in total. The van der Waals surface area contributed by atoms with Crippen LogP contribution in [0, 0.1) is 12.3 Å². The van der Waals surface area contributed by atoms with Crippen LogP contribution in [-0.4, -0.2) is 13.3 Å². The monoisotopic (exact) mass is 157 g/mol. The fourth-order valence-corrected chi connectivity index (χ4v) is 1.05. The second kappa shape index (κ2) is 4.27. The number of rotatable bonds is 3. The Morgan fingerprint density at radius 3 is 2.55 bits per heavy atom. The highest BCUT2D eigenvalue weighted by Crippen LogP contribution is 2.18. The molecular formula is C9H11F2. The minimum absolute atomic E-state index is 0.542. The molecule has 0 aromatic heterocycles. The van der Waals surface area contributed by atoms with Crippen molar-refractivity contribution in [2.24, 2.45) is 5.92 Å². The Bertz CT molecular complexity index is 166. The van der Waals surface area contributed by atoms with Crippen LogP contribution in [0.15, 0.2) is 23.8 Å². The van der Waals surface area contributed by atoms with Crippen molar-refractivity contribution in [3.63, 3.8) is 0 Å². The molecule has 0 spiro atoms. The van der Waals surface area contributed by atoms with Crippen molar-refractivity contribution in [2.45, 2.75) is 6.42 Å². The van der Waals surface area contributed by atoms with Crippen molar-refractivity contribution in [3.8, 4) is 0 Å². The largest absolute Gasteiger partial charge is 0.250 e. The third kappa shape index (κ3) is 2.14. The Kier molecular flexibility index (Phi) is 3.27. The zero-order valence-electron chi connectivity index (χ0n) is 6.26. The lowest BCUT2D eigenvalue weighted by Gasteiger charge is -2.12. The molecular weight excluding hydrogens is 146 g/mol. The van der Waals surface area contributed by atoms with Crippen LogP contribution in [0.25, 0.3) is 0 Å². The first kappa shape index (κ1) is 8.44. The molecule has 0 bridgehead atoms. The molecule has 0 aliphatic heterocycles. The predicted octanol–water partition coefficient (Wildman–Crippen LogP) is 2.63. The van der Waals surface area contributed by atoms with Gasteiger partial charge in [0.25, 0.3) is 0 Å². The van der Waals surface area contributed by atoms with E-state index in [1.54, 1.807) is 6.08 Å². The van der Waals surface area contributed by atoms with Crippen molar-refractivity contribution in [1.29, 1.82) is 0 Å². The minimum atomic E-state index is -0.604. The lowest BCUT2D eigenvalue weighted by Crippen LogP contribution is -2.08. The lowest BCUT2D eigenvalue weighted by molar-refractivity contribution is 0.325. The standard InChI is InChI=1S/C9H11F2/c10-6-9(7-11)8-4-2-1-3-5-8/h1-2,4-5,9H,3,6-7H2. The van der Waals surface area contributed by atoms with Crippen molar-refractivity contribution in [2.75, 3.05) is 13.3 Å². The highest BCUT2D eigenvalue weighted by atomic mass is 19.1. The Hall–Kier alpha value is -0.660. The SMILES string of the molecule is FCC(CF)C1=CC[CH]C=C1. The van der Waals surface area contributed by atoms with Gasteiger partial charge in [-0.1, -0.05) is 18.2 Å². The maximum absolute atomic E-state index is 12.1. The second-order valence-corrected chi connectivity index (χ2v) is 2.54. The zero-order valence-corrected chi connectivity index (χ0v) is 6.26. The van der Waals surface area contributed by atoms with E-state index in [1.165, 1.54) is 0 Å². The first-order chi connectivity index (χ1) is 5.38. The lowest BCUT2D eigenvalue weighted by atomic mass is 9.96. The molecule has 0 saturated heterocycles. The summed E-state index contributed by atoms with van der Waals surface area (Å²) < 4.78 is 24.2. The molecule has 11 heavy (non-hydrogen) atoms. The molecule has 0 fully saturated rings. The van der Waals surface area contributed by atoms with Crippen molar-refractivity contribution in [3.05, 3.63) is 30.2 Å². The summed E-state index contributed by atoms with van der Waals surface area (Å²) in [6, 6.07) is 0. The van der Waals surface area contributed by atoms with E-state index in [-0.39, 0.29) is 0 Å². The Labute approximate surface area is 65.6 Å². The van der Waals surface area contributed by atoms with Crippen LogP contribution in [0.1, 0.15) is 6.42 Å². The Balaban J connectivity index is 2.56. The number of halogens is 2. The van der Waals surface area contributed by atoms with Gasteiger partial charge in [0.2, 0.25) is 0 Å². The average Bonchev–Trinajstić information content (AvgIpc) is 2.09. The van der Waals surface area contributed by atoms with Gasteiger partial charge in [-0.15, -0.1) is 0 Å². The summed E-state index contributed by atoms with van der Waals surface area (Å²) in [5.74, 6) is -0.542. The fourth-order valence-electron chi connectivity index (χ4n) is 1.05. The molecule has 1 aliphatic carbocycles. The van der Waals surface area contributed by atoms with Gasteiger partial charge < -0.3 is 0 Å². The maximum Gasteiger partial charge on any atom is 0.0987 e. The minimum Gasteiger partial charge on any atom is -0.250 e. The number of allylic oxidation sites excluding steroid dienone is 4. The summed E-state index contributed by atoms with van der Waals surface area (Å²) in [5, 5.41) is 0. The number of hydrogen-bond donors (Lipinski definition) is 0. The van der Waals surface area contributed by atoms with E-state index >= 15 is 0 Å². The van der Waals surface area contributed by atoms with Gasteiger partial charge in [-0.05, 0) is 18.4 Å². The zero-order chi connectivity index (χ0) is 8.10. The van der Waals surface area contributed by atoms with Crippen molar-refractivity contribution >= 4 is 0 Å². The van der Waals surface area contributed by atoms with Gasteiger partial charge in [0.05, 0.1) is 13.3 Å². The first-order valence-corrected chi connectivity index (χ1v) is 3.70. The van der Waals surface area contributed by atoms with Crippen LogP contribution in [-0.2, 0) is 0 Å². The molecule has 0 unspecified atom stereocenters. The van der Waals surface area contributed by atoms with Crippen LogP contribution in [0.5, 0.6) is 0 Å². The predicted molar refractivity (Wildman–Crippen MR) is 41.6 cm³/mol. The average molecular weight is 157 g/mol. The van der Waals surface area contributed by atoms with Gasteiger partial charge in [-0.25, -0.2) is 0 Å². The topological polar surface area (TPSA) is 0 Å². The highest BCUT2D eigenvalue weighted by Gasteiger charge is 2.12. The summed E-state index contributed by atoms with van der Waals surface area (Å²) in [6.45, 7) is -1.21. The second-order valence-electron chi connectivity index (χ2n) is 2.54. The molecule has 0 aromatic carbocycles. The normalized spacial score (nSPS) is 17.2. The molecule has 1 radical (unpaired) electrons. The molecule has 2 heteroatoms. The molecule has 0 N–H and O–H groups in total. The molecule has 0 amide bonds. The third-order valence-electron chi connectivity index (χ3n) is 1.76. The van der Waals surface area contributed by atoms with E-state index in [4.69, 9.17) is 0 Å². The van der Waals surface area contributed by atoms with Crippen LogP contribution < -0.4 is 0 Å². The molecule has 0 atom stereocenters. The molecule has 0 aromatic rings. The number of hydrogen-bond acceptors (Lipinski definition) is 0. The molecule has 61 valence electrons. The molecule has 1 rings (SSSR count). The smallest absolute Gasteiger partial charge is 0.0987 e. The van der Waals surface area contributed by atoms with Crippen molar-refractivity contribution in [1.82, 2.24) is 0 Å². The van der Waals surface area contributed by atoms with Crippen molar-refractivity contribution < 1.29 is 8.78 Å². The summed E-state index contributed by atoms with van der Waals surface area (Å²) in [7, 11) is 0. The molecule has 0 heterocycles. The quantitative estimate of drug-likeness (QED) is 0.590. The van der Waals surface area contributed by atoms with Crippen LogP contribution >= 0.6 is 0 Å². The van der Waals surface area contributed by atoms with Gasteiger partial charge in [0, 0.05) is 5.92 Å². The van der Waals surface area contributed by atoms with Crippen LogP contribution in [0.2, 0.25) is 0 Å². The van der Waals surface area contributed by atoms with E-state index in [0.29, 0.717) is 0 Å². The number of alkyl halides is 2. The van der Waals surface area contributed by atoms with Crippen LogP contribution in [0.3, 0.4) is 0 Å². The van der Waals surface area contributed by atoms with Gasteiger partial charge >= 0.3 is 0 Å².